The third-order valence-corrected chi connectivity index (χ3v) is 5.80. The van der Waals surface area contributed by atoms with E-state index in [9.17, 15) is 4.79 Å². The zero-order valence-electron chi connectivity index (χ0n) is 17.2. The maximum Gasteiger partial charge on any atom is 0.251 e. The molecule has 3 heterocycles. The summed E-state index contributed by atoms with van der Waals surface area (Å²) in [5.41, 5.74) is 4.66. The number of anilines is 1. The lowest BCUT2D eigenvalue weighted by atomic mass is 9.89. The van der Waals surface area contributed by atoms with Crippen LogP contribution in [0.25, 0.3) is 16.9 Å². The standard InChI is InChI=1S/C21H23N5O.C2H6/c27-21-17-7-6-15(10-16(17)12-25-21)18-13-24-19(20-22-8-9-26(18)20)23-11-14-4-2-1-3-5-14;1-2/h6-10,13-14H,1-5,11-12H2,(H,23,24)(H,25,27);1-2H3. The fourth-order valence-electron chi connectivity index (χ4n) is 4.28. The first kappa shape index (κ1) is 19.4. The first-order valence-electron chi connectivity index (χ1n) is 10.8. The number of imidazole rings is 1. The molecular weight excluding hydrogens is 362 g/mol. The molecule has 2 aromatic heterocycles. The highest BCUT2D eigenvalue weighted by Crippen LogP contribution is 2.28. The number of hydrogen-bond acceptors (Lipinski definition) is 4. The summed E-state index contributed by atoms with van der Waals surface area (Å²) in [6.45, 7) is 5.55. The van der Waals surface area contributed by atoms with Crippen LogP contribution >= 0.6 is 0 Å². The Morgan fingerprint density at radius 2 is 2.00 bits per heavy atom. The van der Waals surface area contributed by atoms with E-state index in [1.165, 1.54) is 32.1 Å². The molecule has 1 amide bonds. The highest BCUT2D eigenvalue weighted by molar-refractivity contribution is 5.98. The van der Waals surface area contributed by atoms with Crippen molar-refractivity contribution in [1.29, 1.82) is 0 Å². The molecule has 152 valence electrons. The number of nitrogens with one attached hydrogen (secondary N) is 2. The van der Waals surface area contributed by atoms with Gasteiger partial charge in [-0.15, -0.1) is 0 Å². The molecule has 1 saturated carbocycles. The second-order valence-electron chi connectivity index (χ2n) is 7.55. The number of benzene rings is 1. The van der Waals surface area contributed by atoms with Gasteiger partial charge in [0.1, 0.15) is 0 Å². The topological polar surface area (TPSA) is 71.3 Å². The Kier molecular flexibility index (Phi) is 5.79. The van der Waals surface area contributed by atoms with Gasteiger partial charge in [0.15, 0.2) is 11.5 Å². The van der Waals surface area contributed by atoms with Crippen molar-refractivity contribution in [2.45, 2.75) is 52.5 Å². The smallest absolute Gasteiger partial charge is 0.251 e. The van der Waals surface area contributed by atoms with Gasteiger partial charge in [-0.25, -0.2) is 9.97 Å². The van der Waals surface area contributed by atoms with Crippen LogP contribution in [0.4, 0.5) is 5.82 Å². The Hall–Kier alpha value is -2.89. The summed E-state index contributed by atoms with van der Waals surface area (Å²) in [7, 11) is 0. The van der Waals surface area contributed by atoms with Crippen molar-refractivity contribution in [3.05, 3.63) is 47.9 Å². The molecule has 1 fully saturated rings. The number of aromatic nitrogens is 3. The predicted octanol–water partition coefficient (Wildman–Crippen LogP) is 4.66. The Balaban J connectivity index is 0.000000994. The summed E-state index contributed by atoms with van der Waals surface area (Å²) in [6, 6.07) is 5.94. The summed E-state index contributed by atoms with van der Waals surface area (Å²) in [4.78, 5) is 21.0. The minimum Gasteiger partial charge on any atom is -0.367 e. The van der Waals surface area contributed by atoms with Crippen LogP contribution in [0.2, 0.25) is 0 Å². The van der Waals surface area contributed by atoms with Crippen LogP contribution in [0.1, 0.15) is 61.9 Å². The number of hydrogen-bond donors (Lipinski definition) is 2. The lowest BCUT2D eigenvalue weighted by molar-refractivity contribution is 0.0966. The molecule has 2 aliphatic rings. The van der Waals surface area contributed by atoms with Crippen LogP contribution in [-0.4, -0.2) is 26.8 Å². The number of carbonyl (C=O) groups excluding carboxylic acids is 1. The lowest BCUT2D eigenvalue weighted by Gasteiger charge is -2.22. The molecule has 0 bridgehead atoms. The molecular formula is C23H29N5O. The molecule has 0 atom stereocenters. The SMILES string of the molecule is CC.O=C1NCc2cc(-c3cnc(NCC4CCCCC4)c4nccn34)ccc21. The van der Waals surface area contributed by atoms with Gasteiger partial charge in [-0.1, -0.05) is 39.2 Å². The van der Waals surface area contributed by atoms with E-state index >= 15 is 0 Å². The van der Waals surface area contributed by atoms with E-state index in [4.69, 9.17) is 0 Å². The molecule has 1 aliphatic heterocycles. The molecule has 29 heavy (non-hydrogen) atoms. The van der Waals surface area contributed by atoms with Gasteiger partial charge < -0.3 is 10.6 Å². The molecule has 1 aliphatic carbocycles. The van der Waals surface area contributed by atoms with E-state index in [-0.39, 0.29) is 5.91 Å². The molecule has 3 aromatic rings. The quantitative estimate of drug-likeness (QED) is 0.679. The van der Waals surface area contributed by atoms with Crippen molar-refractivity contribution in [1.82, 2.24) is 19.7 Å². The van der Waals surface area contributed by atoms with E-state index < -0.39 is 0 Å². The Labute approximate surface area is 171 Å². The zero-order valence-corrected chi connectivity index (χ0v) is 17.2. The van der Waals surface area contributed by atoms with Gasteiger partial charge in [0.2, 0.25) is 0 Å². The third kappa shape index (κ3) is 3.84. The van der Waals surface area contributed by atoms with Gasteiger partial charge >= 0.3 is 0 Å². The second kappa shape index (κ2) is 8.64. The number of carbonyl (C=O) groups is 1. The minimum absolute atomic E-state index is 0.00436. The predicted molar refractivity (Wildman–Crippen MR) is 116 cm³/mol. The van der Waals surface area contributed by atoms with Crippen molar-refractivity contribution in [3.8, 4) is 11.3 Å². The zero-order chi connectivity index (χ0) is 20.2. The Morgan fingerprint density at radius 1 is 1.17 bits per heavy atom. The van der Waals surface area contributed by atoms with Crippen molar-refractivity contribution < 1.29 is 4.79 Å². The molecule has 0 radical (unpaired) electrons. The monoisotopic (exact) mass is 391 g/mol. The molecule has 6 heteroatoms. The van der Waals surface area contributed by atoms with Gasteiger partial charge in [-0.05, 0) is 36.5 Å². The van der Waals surface area contributed by atoms with E-state index in [1.807, 2.05) is 44.6 Å². The average Bonchev–Trinajstić information content (AvgIpc) is 3.41. The van der Waals surface area contributed by atoms with Crippen molar-refractivity contribution >= 4 is 17.4 Å². The maximum absolute atomic E-state index is 11.8. The maximum atomic E-state index is 11.8. The normalized spacial score (nSPS) is 16.1. The molecule has 2 N–H and O–H groups in total. The van der Waals surface area contributed by atoms with Gasteiger partial charge in [-0.2, -0.15) is 0 Å². The highest BCUT2D eigenvalue weighted by Gasteiger charge is 2.20. The third-order valence-electron chi connectivity index (χ3n) is 5.80. The van der Waals surface area contributed by atoms with Crippen LogP contribution < -0.4 is 10.6 Å². The number of fused-ring (bicyclic) bond motifs is 2. The second-order valence-corrected chi connectivity index (χ2v) is 7.55. The molecule has 0 unspecified atom stereocenters. The average molecular weight is 392 g/mol. The van der Waals surface area contributed by atoms with Crippen molar-refractivity contribution in [2.24, 2.45) is 5.92 Å². The van der Waals surface area contributed by atoms with Gasteiger partial charge in [0, 0.05) is 36.6 Å². The number of amides is 1. The largest absolute Gasteiger partial charge is 0.367 e. The van der Waals surface area contributed by atoms with E-state index in [0.717, 1.165) is 46.3 Å². The van der Waals surface area contributed by atoms with E-state index in [2.05, 4.69) is 31.1 Å². The first-order chi connectivity index (χ1) is 14.3. The Morgan fingerprint density at radius 3 is 2.83 bits per heavy atom. The van der Waals surface area contributed by atoms with E-state index in [1.54, 1.807) is 0 Å². The Bertz CT molecular complexity index is 1000. The van der Waals surface area contributed by atoms with Crippen LogP contribution in [0.3, 0.4) is 0 Å². The fraction of sp³-hybridized carbons (Fsp3) is 0.435. The van der Waals surface area contributed by atoms with Crippen LogP contribution in [-0.2, 0) is 6.54 Å². The molecule has 5 rings (SSSR count). The van der Waals surface area contributed by atoms with E-state index in [0.29, 0.717) is 6.54 Å². The van der Waals surface area contributed by atoms with Crippen molar-refractivity contribution in [3.63, 3.8) is 0 Å². The fourth-order valence-corrected chi connectivity index (χ4v) is 4.28. The summed E-state index contributed by atoms with van der Waals surface area (Å²) >= 11 is 0. The summed E-state index contributed by atoms with van der Waals surface area (Å²) < 4.78 is 2.07. The lowest BCUT2D eigenvalue weighted by Crippen LogP contribution is -2.18. The summed E-state index contributed by atoms with van der Waals surface area (Å²) in [5, 5.41) is 6.39. The van der Waals surface area contributed by atoms with Gasteiger partial charge in [-0.3, -0.25) is 9.20 Å². The van der Waals surface area contributed by atoms with Crippen LogP contribution in [0.5, 0.6) is 0 Å². The minimum atomic E-state index is 0.00436. The summed E-state index contributed by atoms with van der Waals surface area (Å²) in [6.07, 6.45) is 12.3. The number of nitrogens with zero attached hydrogens (tertiary/aromatic N) is 3. The van der Waals surface area contributed by atoms with Crippen LogP contribution in [0.15, 0.2) is 36.8 Å². The van der Waals surface area contributed by atoms with Crippen molar-refractivity contribution in [2.75, 3.05) is 11.9 Å². The van der Waals surface area contributed by atoms with Gasteiger partial charge in [0.05, 0.1) is 11.9 Å². The highest BCUT2D eigenvalue weighted by atomic mass is 16.1. The molecule has 1 aromatic carbocycles. The molecule has 6 nitrogen and oxygen atoms in total. The first-order valence-corrected chi connectivity index (χ1v) is 10.8. The summed E-state index contributed by atoms with van der Waals surface area (Å²) in [5.74, 6) is 1.58. The molecule has 0 spiro atoms. The number of rotatable bonds is 4. The van der Waals surface area contributed by atoms with Crippen LogP contribution in [0, 0.1) is 5.92 Å². The van der Waals surface area contributed by atoms with Gasteiger partial charge in [0.25, 0.3) is 5.91 Å². The molecule has 0 saturated heterocycles.